The van der Waals surface area contributed by atoms with E-state index < -0.39 is 5.63 Å². The minimum atomic E-state index is -0.513. The molecule has 32 heavy (non-hydrogen) atoms. The summed E-state index contributed by atoms with van der Waals surface area (Å²) in [7, 11) is 0. The number of nitrogens with zero attached hydrogens (tertiary/aromatic N) is 1. The highest BCUT2D eigenvalue weighted by atomic mass is 16.4. The first-order chi connectivity index (χ1) is 15.6. The van der Waals surface area contributed by atoms with Crippen LogP contribution in [0.1, 0.15) is 16.7 Å². The molecule has 0 spiro atoms. The van der Waals surface area contributed by atoms with Gasteiger partial charge in [0.15, 0.2) is 0 Å². The van der Waals surface area contributed by atoms with Crippen molar-refractivity contribution in [3.8, 4) is 11.1 Å². The molecule has 2 aromatic carbocycles. The van der Waals surface area contributed by atoms with Crippen LogP contribution in [0.2, 0.25) is 0 Å². The fourth-order valence-electron chi connectivity index (χ4n) is 3.88. The summed E-state index contributed by atoms with van der Waals surface area (Å²) in [5, 5.41) is 4.54. The Hall–Kier alpha value is -4.19. The number of aryl methyl sites for hydroxylation is 1. The molecule has 0 atom stereocenters. The summed E-state index contributed by atoms with van der Waals surface area (Å²) >= 11 is 0. The number of rotatable bonds is 5. The van der Waals surface area contributed by atoms with Crippen LogP contribution in [0.3, 0.4) is 0 Å². The molecule has 1 N–H and O–H groups in total. The quantitative estimate of drug-likeness (QED) is 0.411. The Kier molecular flexibility index (Phi) is 5.03. The fraction of sp³-hybridized carbons (Fsp3) is 0.115. The van der Waals surface area contributed by atoms with E-state index >= 15 is 0 Å². The summed E-state index contributed by atoms with van der Waals surface area (Å²) in [6.45, 7) is 2.19. The minimum absolute atomic E-state index is 0.0562. The number of nitrogens with one attached hydrogen (secondary N) is 1. The average Bonchev–Trinajstić information content (AvgIpc) is 3.23. The zero-order valence-corrected chi connectivity index (χ0v) is 17.4. The SMILES string of the molecule is Cc1c(CC(=O)NCc2cccnc2)c(=O)oc2cc3occ(-c4ccccc4)c3cc12. The molecule has 0 saturated carbocycles. The lowest BCUT2D eigenvalue weighted by atomic mass is 9.99. The summed E-state index contributed by atoms with van der Waals surface area (Å²) in [6.07, 6.45) is 5.02. The molecule has 3 heterocycles. The van der Waals surface area contributed by atoms with Gasteiger partial charge in [0.2, 0.25) is 5.91 Å². The zero-order valence-electron chi connectivity index (χ0n) is 17.4. The van der Waals surface area contributed by atoms with Crippen LogP contribution in [0, 0.1) is 6.92 Å². The lowest BCUT2D eigenvalue weighted by Gasteiger charge is -2.09. The minimum Gasteiger partial charge on any atom is -0.464 e. The molecule has 0 aliphatic rings. The Morgan fingerprint density at radius 1 is 1.03 bits per heavy atom. The molecule has 6 heteroatoms. The number of furan rings is 1. The summed E-state index contributed by atoms with van der Waals surface area (Å²) in [6, 6.07) is 17.3. The summed E-state index contributed by atoms with van der Waals surface area (Å²) in [5.41, 5.74) is 4.54. The van der Waals surface area contributed by atoms with Gasteiger partial charge in [-0.1, -0.05) is 36.4 Å². The lowest BCUT2D eigenvalue weighted by molar-refractivity contribution is -0.120. The van der Waals surface area contributed by atoms with Crippen molar-refractivity contribution >= 4 is 27.8 Å². The van der Waals surface area contributed by atoms with Crippen molar-refractivity contribution in [2.45, 2.75) is 19.9 Å². The lowest BCUT2D eigenvalue weighted by Crippen LogP contribution is -2.27. The zero-order chi connectivity index (χ0) is 22.1. The van der Waals surface area contributed by atoms with Crippen molar-refractivity contribution in [3.63, 3.8) is 0 Å². The molecule has 0 aliphatic heterocycles. The van der Waals surface area contributed by atoms with E-state index in [0.717, 1.165) is 33.0 Å². The first kappa shape index (κ1) is 19.8. The molecule has 5 rings (SSSR count). The fourth-order valence-corrected chi connectivity index (χ4v) is 3.88. The van der Waals surface area contributed by atoms with E-state index in [1.807, 2.05) is 55.5 Å². The van der Waals surface area contributed by atoms with E-state index in [2.05, 4.69) is 10.3 Å². The van der Waals surface area contributed by atoms with Gasteiger partial charge in [0.1, 0.15) is 11.2 Å². The molecule has 158 valence electrons. The molecule has 3 aromatic heterocycles. The van der Waals surface area contributed by atoms with Gasteiger partial charge in [-0.25, -0.2) is 4.79 Å². The second-order valence-electron chi connectivity index (χ2n) is 7.67. The van der Waals surface area contributed by atoms with Crippen LogP contribution in [0.15, 0.2) is 86.9 Å². The van der Waals surface area contributed by atoms with Crippen LogP contribution < -0.4 is 10.9 Å². The Balaban J connectivity index is 1.50. The highest BCUT2D eigenvalue weighted by molar-refractivity contribution is 6.02. The number of fused-ring (bicyclic) bond motifs is 2. The van der Waals surface area contributed by atoms with Crippen molar-refractivity contribution in [1.82, 2.24) is 10.3 Å². The van der Waals surface area contributed by atoms with E-state index in [1.54, 1.807) is 24.7 Å². The average molecular weight is 424 g/mol. The predicted molar refractivity (Wildman–Crippen MR) is 122 cm³/mol. The van der Waals surface area contributed by atoms with Gasteiger partial charge in [-0.05, 0) is 35.7 Å². The topological polar surface area (TPSA) is 85.3 Å². The smallest absolute Gasteiger partial charge is 0.340 e. The second-order valence-corrected chi connectivity index (χ2v) is 7.67. The molecular formula is C26H20N2O4. The Morgan fingerprint density at radius 2 is 1.88 bits per heavy atom. The van der Waals surface area contributed by atoms with Crippen molar-refractivity contribution in [2.75, 3.05) is 0 Å². The standard InChI is InChI=1S/C26H20N2O4/c1-16-19-10-21-22(18-7-3-2-4-8-18)15-31-23(21)12-24(19)32-26(30)20(16)11-25(29)28-14-17-6-5-9-27-13-17/h2-10,12-13,15H,11,14H2,1H3,(H,28,29). The molecule has 0 radical (unpaired) electrons. The van der Waals surface area contributed by atoms with Gasteiger partial charge in [-0.2, -0.15) is 0 Å². The Labute approximate surface area is 183 Å². The predicted octanol–water partition coefficient (Wildman–Crippen LogP) is 4.77. The number of amides is 1. The number of hydrogen-bond acceptors (Lipinski definition) is 5. The van der Waals surface area contributed by atoms with E-state index in [-0.39, 0.29) is 12.3 Å². The molecule has 0 bridgehead atoms. The molecule has 1 amide bonds. The molecule has 0 unspecified atom stereocenters. The normalized spacial score (nSPS) is 11.2. The third-order valence-electron chi connectivity index (χ3n) is 5.62. The van der Waals surface area contributed by atoms with Crippen molar-refractivity contribution in [1.29, 1.82) is 0 Å². The Morgan fingerprint density at radius 3 is 2.66 bits per heavy atom. The van der Waals surface area contributed by atoms with Gasteiger partial charge in [0.25, 0.3) is 0 Å². The monoisotopic (exact) mass is 424 g/mol. The molecular weight excluding hydrogens is 404 g/mol. The van der Waals surface area contributed by atoms with Crippen molar-refractivity contribution in [2.24, 2.45) is 0 Å². The van der Waals surface area contributed by atoms with Crippen LogP contribution in [-0.4, -0.2) is 10.9 Å². The van der Waals surface area contributed by atoms with Crippen LogP contribution in [-0.2, 0) is 17.8 Å². The van der Waals surface area contributed by atoms with E-state index in [0.29, 0.717) is 23.3 Å². The first-order valence-electron chi connectivity index (χ1n) is 10.3. The van der Waals surface area contributed by atoms with Crippen LogP contribution in [0.4, 0.5) is 0 Å². The molecule has 6 nitrogen and oxygen atoms in total. The van der Waals surface area contributed by atoms with Gasteiger partial charge in [-0.15, -0.1) is 0 Å². The number of pyridine rings is 1. The molecule has 0 fully saturated rings. The van der Waals surface area contributed by atoms with E-state index in [4.69, 9.17) is 8.83 Å². The number of benzene rings is 2. The third-order valence-corrected chi connectivity index (χ3v) is 5.62. The molecule has 0 aliphatic carbocycles. The maximum Gasteiger partial charge on any atom is 0.340 e. The van der Waals surface area contributed by atoms with Crippen LogP contribution in [0.25, 0.3) is 33.1 Å². The van der Waals surface area contributed by atoms with Crippen molar-refractivity contribution < 1.29 is 13.6 Å². The number of carbonyl (C=O) groups excluding carboxylic acids is 1. The number of hydrogen-bond donors (Lipinski definition) is 1. The summed E-state index contributed by atoms with van der Waals surface area (Å²) in [4.78, 5) is 29.2. The van der Waals surface area contributed by atoms with E-state index in [1.165, 1.54) is 0 Å². The first-order valence-corrected chi connectivity index (χ1v) is 10.3. The summed E-state index contributed by atoms with van der Waals surface area (Å²) in [5.74, 6) is -0.252. The molecule has 0 saturated heterocycles. The number of carbonyl (C=O) groups is 1. The van der Waals surface area contributed by atoms with Gasteiger partial charge in [0, 0.05) is 41.3 Å². The van der Waals surface area contributed by atoms with Gasteiger partial charge in [-0.3, -0.25) is 9.78 Å². The Bertz CT molecular complexity index is 1490. The van der Waals surface area contributed by atoms with Crippen molar-refractivity contribution in [3.05, 3.63) is 100 Å². The highest BCUT2D eigenvalue weighted by Gasteiger charge is 2.17. The van der Waals surface area contributed by atoms with E-state index in [9.17, 15) is 9.59 Å². The maximum atomic E-state index is 12.6. The molecule has 5 aromatic rings. The van der Waals surface area contributed by atoms with Crippen LogP contribution >= 0.6 is 0 Å². The highest BCUT2D eigenvalue weighted by Crippen LogP contribution is 2.34. The summed E-state index contributed by atoms with van der Waals surface area (Å²) < 4.78 is 11.3. The van der Waals surface area contributed by atoms with Gasteiger partial charge in [0.05, 0.1) is 18.2 Å². The number of aromatic nitrogens is 1. The van der Waals surface area contributed by atoms with Gasteiger partial charge >= 0.3 is 5.63 Å². The van der Waals surface area contributed by atoms with Crippen LogP contribution in [0.5, 0.6) is 0 Å². The van der Waals surface area contributed by atoms with Gasteiger partial charge < -0.3 is 14.2 Å². The maximum absolute atomic E-state index is 12.6. The largest absolute Gasteiger partial charge is 0.464 e. The second kappa shape index (κ2) is 8.15. The third kappa shape index (κ3) is 3.67.